The molecule has 0 aliphatic heterocycles. The molecule has 0 radical (unpaired) electrons. The number of carbonyl (C=O) groups excluding carboxylic acids is 1. The zero-order valence-corrected chi connectivity index (χ0v) is 14.0. The standard InChI is InChI=1S/C6H6.3C2H4O2.Na.H2O/c1-2-4-6-5-3-1;3*1-2(3)4;;/h1-6H;3*1H3,(H,3,4);;1H2/q;;;;+1;/p-1. The molecule has 0 spiro atoms. The molecule has 20 heavy (non-hydrogen) atoms. The number of benzene rings is 1. The fraction of sp³-hybridized carbons (Fsp3) is 0.250. The van der Waals surface area contributed by atoms with Crippen molar-refractivity contribution in [2.24, 2.45) is 0 Å². The first-order valence-corrected chi connectivity index (χ1v) is 4.76. The van der Waals surface area contributed by atoms with Crippen LogP contribution in [0.3, 0.4) is 0 Å². The molecule has 1 rings (SSSR count). The molecule has 7 nitrogen and oxygen atoms in total. The molecule has 0 heterocycles. The molecule has 0 saturated carbocycles. The van der Waals surface area contributed by atoms with Gasteiger partial charge in [-0.2, -0.15) is 0 Å². The number of carbonyl (C=O) groups is 3. The van der Waals surface area contributed by atoms with Crippen LogP contribution in [0.4, 0.5) is 0 Å². The summed E-state index contributed by atoms with van der Waals surface area (Å²) in [7, 11) is 0. The Hall–Kier alpha value is -1.41. The van der Waals surface area contributed by atoms with Crippen LogP contribution in [-0.4, -0.2) is 33.6 Å². The summed E-state index contributed by atoms with van der Waals surface area (Å²) in [4.78, 5) is 26.9. The first kappa shape index (κ1) is 31.1. The first-order valence-electron chi connectivity index (χ1n) is 4.76. The normalized spacial score (nSPS) is 6.15. The summed E-state index contributed by atoms with van der Waals surface area (Å²) in [5.41, 5.74) is 0. The summed E-state index contributed by atoms with van der Waals surface area (Å²) in [6, 6.07) is 12.0. The van der Waals surface area contributed by atoms with Gasteiger partial charge in [0.1, 0.15) is 0 Å². The van der Waals surface area contributed by atoms with Gasteiger partial charge in [0, 0.05) is 19.8 Å². The Morgan fingerprint density at radius 1 is 0.750 bits per heavy atom. The predicted molar refractivity (Wildman–Crippen MR) is 67.4 cm³/mol. The van der Waals surface area contributed by atoms with Gasteiger partial charge in [-0.1, -0.05) is 36.4 Å². The molecular weight excluding hydrogens is 279 g/mol. The SMILES string of the molecule is CC(=O)O.CC(=O)O.CC(=O)[O-].O.[Na+].c1ccccc1. The van der Waals surface area contributed by atoms with E-state index in [2.05, 4.69) is 0 Å². The van der Waals surface area contributed by atoms with E-state index in [1.165, 1.54) is 0 Å². The van der Waals surface area contributed by atoms with Crippen molar-refractivity contribution in [3.63, 3.8) is 0 Å². The molecule has 0 amide bonds. The maximum atomic E-state index is 9.00. The second-order valence-corrected chi connectivity index (χ2v) is 2.68. The minimum atomic E-state index is -1.08. The average molecular weight is 298 g/mol. The molecular formula is C12H19NaO7. The monoisotopic (exact) mass is 298 g/mol. The van der Waals surface area contributed by atoms with E-state index in [1.807, 2.05) is 36.4 Å². The molecule has 0 unspecified atom stereocenters. The molecule has 0 aromatic heterocycles. The Labute approximate surface area is 139 Å². The van der Waals surface area contributed by atoms with E-state index >= 15 is 0 Å². The van der Waals surface area contributed by atoms with Gasteiger partial charge in [-0.25, -0.2) is 0 Å². The zero-order chi connectivity index (χ0) is 15.0. The van der Waals surface area contributed by atoms with E-state index in [0.717, 1.165) is 20.8 Å². The van der Waals surface area contributed by atoms with Crippen molar-refractivity contribution in [2.45, 2.75) is 20.8 Å². The number of hydrogen-bond acceptors (Lipinski definition) is 4. The quantitative estimate of drug-likeness (QED) is 0.482. The summed E-state index contributed by atoms with van der Waals surface area (Å²) in [5, 5.41) is 23.7. The first-order chi connectivity index (χ1) is 8.20. The molecule has 1 aromatic carbocycles. The van der Waals surface area contributed by atoms with E-state index in [-0.39, 0.29) is 35.0 Å². The van der Waals surface area contributed by atoms with Crippen molar-refractivity contribution in [2.75, 3.05) is 0 Å². The van der Waals surface area contributed by atoms with Gasteiger partial charge in [0.25, 0.3) is 11.9 Å². The predicted octanol–water partition coefficient (Wildman–Crippen LogP) is -3.20. The van der Waals surface area contributed by atoms with Crippen LogP contribution in [0.25, 0.3) is 0 Å². The van der Waals surface area contributed by atoms with Crippen molar-refractivity contribution in [3.8, 4) is 0 Å². The molecule has 1 aromatic rings. The van der Waals surface area contributed by atoms with Crippen LogP contribution in [0.2, 0.25) is 0 Å². The van der Waals surface area contributed by atoms with Crippen LogP contribution < -0.4 is 34.7 Å². The number of rotatable bonds is 0. The van der Waals surface area contributed by atoms with E-state index in [9.17, 15) is 0 Å². The second kappa shape index (κ2) is 26.2. The minimum Gasteiger partial charge on any atom is -0.550 e. The number of hydrogen-bond donors (Lipinski definition) is 2. The Morgan fingerprint density at radius 3 is 0.850 bits per heavy atom. The third-order valence-electron chi connectivity index (χ3n) is 0.667. The molecule has 4 N–H and O–H groups in total. The van der Waals surface area contributed by atoms with E-state index < -0.39 is 17.9 Å². The second-order valence-electron chi connectivity index (χ2n) is 2.68. The van der Waals surface area contributed by atoms with Gasteiger partial charge in [-0.3, -0.25) is 9.59 Å². The van der Waals surface area contributed by atoms with Crippen LogP contribution in [0, 0.1) is 0 Å². The van der Waals surface area contributed by atoms with E-state index in [1.54, 1.807) is 0 Å². The van der Waals surface area contributed by atoms with Crippen LogP contribution in [0.5, 0.6) is 0 Å². The Morgan fingerprint density at radius 2 is 0.800 bits per heavy atom. The molecule has 0 bridgehead atoms. The fourth-order valence-electron chi connectivity index (χ4n) is 0.385. The summed E-state index contributed by atoms with van der Waals surface area (Å²) in [6.07, 6.45) is 0. The number of carboxylic acid groups (broad SMARTS) is 3. The van der Waals surface area contributed by atoms with Gasteiger partial charge in [0.15, 0.2) is 0 Å². The minimum absolute atomic E-state index is 0. The summed E-state index contributed by atoms with van der Waals surface area (Å²) < 4.78 is 0. The molecule has 0 saturated heterocycles. The van der Waals surface area contributed by atoms with Crippen LogP contribution in [0.15, 0.2) is 36.4 Å². The van der Waals surface area contributed by atoms with Gasteiger partial charge in [0.05, 0.1) is 0 Å². The van der Waals surface area contributed by atoms with Crippen LogP contribution in [0.1, 0.15) is 20.8 Å². The van der Waals surface area contributed by atoms with Crippen molar-refractivity contribution in [3.05, 3.63) is 36.4 Å². The van der Waals surface area contributed by atoms with E-state index in [4.69, 9.17) is 29.7 Å². The van der Waals surface area contributed by atoms with Gasteiger partial charge in [0.2, 0.25) is 0 Å². The van der Waals surface area contributed by atoms with Crippen molar-refractivity contribution >= 4 is 17.9 Å². The summed E-state index contributed by atoms with van der Waals surface area (Å²) in [6.45, 7) is 3.14. The van der Waals surface area contributed by atoms with Crippen molar-refractivity contribution in [1.82, 2.24) is 0 Å². The van der Waals surface area contributed by atoms with Crippen molar-refractivity contribution < 1.29 is 64.7 Å². The molecule has 110 valence electrons. The average Bonchev–Trinajstić information content (AvgIpc) is 2.17. The molecule has 0 atom stereocenters. The Kier molecular flexibility index (Phi) is 40.8. The number of aliphatic carboxylic acids is 3. The van der Waals surface area contributed by atoms with Gasteiger partial charge >= 0.3 is 29.6 Å². The summed E-state index contributed by atoms with van der Waals surface area (Å²) in [5.74, 6) is -2.75. The van der Waals surface area contributed by atoms with Crippen LogP contribution >= 0.6 is 0 Å². The largest absolute Gasteiger partial charge is 1.00 e. The zero-order valence-electron chi connectivity index (χ0n) is 12.0. The third-order valence-corrected chi connectivity index (χ3v) is 0.667. The van der Waals surface area contributed by atoms with Crippen LogP contribution in [-0.2, 0) is 14.4 Å². The summed E-state index contributed by atoms with van der Waals surface area (Å²) >= 11 is 0. The molecule has 8 heteroatoms. The molecule has 0 aliphatic rings. The van der Waals surface area contributed by atoms with Crippen molar-refractivity contribution in [1.29, 1.82) is 0 Å². The topological polar surface area (TPSA) is 146 Å². The maximum Gasteiger partial charge on any atom is 1.00 e. The Bertz CT molecular complexity index is 261. The van der Waals surface area contributed by atoms with Gasteiger partial charge in [-0.15, -0.1) is 0 Å². The van der Waals surface area contributed by atoms with E-state index in [0.29, 0.717) is 0 Å². The smallest absolute Gasteiger partial charge is 0.550 e. The number of carboxylic acids is 3. The Balaban J connectivity index is -0.0000000496. The maximum absolute atomic E-state index is 9.00. The van der Waals surface area contributed by atoms with Gasteiger partial charge in [-0.05, 0) is 6.92 Å². The van der Waals surface area contributed by atoms with Gasteiger partial charge < -0.3 is 25.6 Å². The fourth-order valence-corrected chi connectivity index (χ4v) is 0.385. The third kappa shape index (κ3) is 191. The molecule has 0 aliphatic carbocycles. The molecule has 0 fully saturated rings.